The first-order valence-corrected chi connectivity index (χ1v) is 7.17. The highest BCUT2D eigenvalue weighted by atomic mass is 16.6. The molecule has 0 spiro atoms. The van der Waals surface area contributed by atoms with Crippen molar-refractivity contribution in [3.05, 3.63) is 17.8 Å². The number of carbonyl (C=O) groups excluding carboxylic acids is 1. The summed E-state index contributed by atoms with van der Waals surface area (Å²) in [6, 6.07) is 3.54. The van der Waals surface area contributed by atoms with E-state index >= 15 is 0 Å². The fourth-order valence-corrected chi connectivity index (χ4v) is 2.17. The van der Waals surface area contributed by atoms with Crippen molar-refractivity contribution in [1.82, 2.24) is 10.2 Å². The standard InChI is InChI=1S/C15H23N3O2/c1-11-7-9-18(10-8-11)13-6-5-12(16-17-13)14(19)20-15(2,3)4/h5-6,11H,7-10H2,1-4H3. The van der Waals surface area contributed by atoms with Gasteiger partial charge < -0.3 is 9.64 Å². The molecule has 5 nitrogen and oxygen atoms in total. The Bertz CT molecular complexity index is 457. The molecule has 0 amide bonds. The Morgan fingerprint density at radius 3 is 2.40 bits per heavy atom. The number of nitrogens with zero attached hydrogens (tertiary/aromatic N) is 3. The van der Waals surface area contributed by atoms with E-state index in [-0.39, 0.29) is 5.69 Å². The smallest absolute Gasteiger partial charge is 0.359 e. The maximum absolute atomic E-state index is 11.9. The monoisotopic (exact) mass is 277 g/mol. The maximum Gasteiger partial charge on any atom is 0.359 e. The number of anilines is 1. The van der Waals surface area contributed by atoms with E-state index in [4.69, 9.17) is 4.74 Å². The van der Waals surface area contributed by atoms with E-state index in [0.717, 1.165) is 24.8 Å². The predicted octanol–water partition coefficient (Wildman–Crippen LogP) is 2.67. The summed E-state index contributed by atoms with van der Waals surface area (Å²) in [7, 11) is 0. The molecule has 0 aromatic carbocycles. The lowest BCUT2D eigenvalue weighted by Gasteiger charge is -2.30. The lowest BCUT2D eigenvalue weighted by atomic mass is 9.99. The van der Waals surface area contributed by atoms with Gasteiger partial charge in [-0.1, -0.05) is 6.92 Å². The summed E-state index contributed by atoms with van der Waals surface area (Å²) in [5, 5.41) is 8.14. The van der Waals surface area contributed by atoms with Crippen molar-refractivity contribution in [2.24, 2.45) is 5.92 Å². The SMILES string of the molecule is CC1CCN(c2ccc(C(=O)OC(C)(C)C)nn2)CC1. The summed E-state index contributed by atoms with van der Waals surface area (Å²) in [5.41, 5.74) is -0.255. The number of piperidine rings is 1. The first kappa shape index (κ1) is 14.8. The lowest BCUT2D eigenvalue weighted by Crippen LogP contribution is -2.33. The normalized spacial score (nSPS) is 17.1. The molecule has 1 saturated heterocycles. The first-order valence-electron chi connectivity index (χ1n) is 7.17. The van der Waals surface area contributed by atoms with Crippen LogP contribution in [-0.2, 0) is 4.74 Å². The second-order valence-corrected chi connectivity index (χ2v) is 6.45. The second kappa shape index (κ2) is 5.77. The number of carbonyl (C=O) groups is 1. The quantitative estimate of drug-likeness (QED) is 0.778. The molecule has 110 valence electrons. The molecule has 0 N–H and O–H groups in total. The van der Waals surface area contributed by atoms with Gasteiger partial charge in [-0.05, 0) is 51.7 Å². The number of aromatic nitrogens is 2. The molecular weight excluding hydrogens is 254 g/mol. The topological polar surface area (TPSA) is 55.3 Å². The summed E-state index contributed by atoms with van der Waals surface area (Å²) in [6.45, 7) is 9.78. The van der Waals surface area contributed by atoms with Crippen molar-refractivity contribution in [1.29, 1.82) is 0 Å². The number of rotatable bonds is 2. The van der Waals surface area contributed by atoms with E-state index in [1.54, 1.807) is 6.07 Å². The highest BCUT2D eigenvalue weighted by Gasteiger charge is 2.21. The van der Waals surface area contributed by atoms with Crippen LogP contribution in [0.4, 0.5) is 5.82 Å². The minimum Gasteiger partial charge on any atom is -0.455 e. The number of ether oxygens (including phenoxy) is 1. The van der Waals surface area contributed by atoms with E-state index in [2.05, 4.69) is 22.0 Å². The van der Waals surface area contributed by atoms with Gasteiger partial charge in [0.15, 0.2) is 11.5 Å². The molecule has 1 aliphatic heterocycles. The Hall–Kier alpha value is -1.65. The molecule has 0 radical (unpaired) electrons. The summed E-state index contributed by atoms with van der Waals surface area (Å²) >= 11 is 0. The Morgan fingerprint density at radius 1 is 1.25 bits per heavy atom. The van der Waals surface area contributed by atoms with Crippen LogP contribution in [-0.4, -0.2) is 34.9 Å². The van der Waals surface area contributed by atoms with Crippen molar-refractivity contribution in [3.63, 3.8) is 0 Å². The van der Waals surface area contributed by atoms with E-state index in [1.165, 1.54) is 12.8 Å². The van der Waals surface area contributed by atoms with Crippen LogP contribution >= 0.6 is 0 Å². The van der Waals surface area contributed by atoms with Gasteiger partial charge in [0, 0.05) is 13.1 Å². The summed E-state index contributed by atoms with van der Waals surface area (Å²) in [5.74, 6) is 1.19. The van der Waals surface area contributed by atoms with Gasteiger partial charge in [0.25, 0.3) is 0 Å². The highest BCUT2D eigenvalue weighted by molar-refractivity contribution is 5.87. The van der Waals surface area contributed by atoms with Gasteiger partial charge in [-0.3, -0.25) is 0 Å². The van der Waals surface area contributed by atoms with Crippen molar-refractivity contribution >= 4 is 11.8 Å². The van der Waals surface area contributed by atoms with Crippen LogP contribution in [0.2, 0.25) is 0 Å². The van der Waals surface area contributed by atoms with Crippen LogP contribution in [0.15, 0.2) is 12.1 Å². The zero-order valence-electron chi connectivity index (χ0n) is 12.7. The van der Waals surface area contributed by atoms with Crippen molar-refractivity contribution in [2.75, 3.05) is 18.0 Å². The number of esters is 1. The fraction of sp³-hybridized carbons (Fsp3) is 0.667. The molecule has 0 bridgehead atoms. The van der Waals surface area contributed by atoms with E-state index < -0.39 is 11.6 Å². The molecule has 0 atom stereocenters. The molecule has 1 aromatic rings. The number of hydrogen-bond donors (Lipinski definition) is 0. The molecule has 20 heavy (non-hydrogen) atoms. The fourth-order valence-electron chi connectivity index (χ4n) is 2.17. The third-order valence-corrected chi connectivity index (χ3v) is 3.37. The average Bonchev–Trinajstić information content (AvgIpc) is 2.38. The number of hydrogen-bond acceptors (Lipinski definition) is 5. The minimum absolute atomic E-state index is 0.258. The molecule has 0 unspecified atom stereocenters. The summed E-state index contributed by atoms with van der Waals surface area (Å²) in [4.78, 5) is 14.1. The largest absolute Gasteiger partial charge is 0.455 e. The van der Waals surface area contributed by atoms with E-state index in [0.29, 0.717) is 0 Å². The average molecular weight is 277 g/mol. The zero-order chi connectivity index (χ0) is 14.8. The third kappa shape index (κ3) is 3.92. The third-order valence-electron chi connectivity index (χ3n) is 3.37. The molecule has 2 heterocycles. The van der Waals surface area contributed by atoms with E-state index in [9.17, 15) is 4.79 Å². The van der Waals surface area contributed by atoms with Crippen LogP contribution in [0.25, 0.3) is 0 Å². The molecule has 0 saturated carbocycles. The minimum atomic E-state index is -0.513. The summed E-state index contributed by atoms with van der Waals surface area (Å²) in [6.07, 6.45) is 2.35. The van der Waals surface area contributed by atoms with E-state index in [1.807, 2.05) is 26.8 Å². The first-order chi connectivity index (χ1) is 9.35. The van der Waals surface area contributed by atoms with Gasteiger partial charge in [0.2, 0.25) is 0 Å². The van der Waals surface area contributed by atoms with Crippen LogP contribution in [0, 0.1) is 5.92 Å². The van der Waals surface area contributed by atoms with Crippen molar-refractivity contribution in [2.45, 2.75) is 46.1 Å². The van der Waals surface area contributed by atoms with Crippen LogP contribution < -0.4 is 4.90 Å². The second-order valence-electron chi connectivity index (χ2n) is 6.45. The molecule has 5 heteroatoms. The Labute approximate surface area is 120 Å². The van der Waals surface area contributed by atoms with Gasteiger partial charge in [-0.2, -0.15) is 0 Å². The van der Waals surface area contributed by atoms with Crippen LogP contribution in [0.1, 0.15) is 51.0 Å². The highest BCUT2D eigenvalue weighted by Crippen LogP contribution is 2.21. The van der Waals surface area contributed by atoms with Crippen molar-refractivity contribution in [3.8, 4) is 0 Å². The zero-order valence-corrected chi connectivity index (χ0v) is 12.7. The molecular formula is C15H23N3O2. The molecule has 1 aromatic heterocycles. The van der Waals surface area contributed by atoms with Gasteiger partial charge in [-0.15, -0.1) is 10.2 Å². The Morgan fingerprint density at radius 2 is 1.90 bits per heavy atom. The molecule has 2 rings (SSSR count). The Balaban J connectivity index is 2.01. The van der Waals surface area contributed by atoms with Gasteiger partial charge >= 0.3 is 5.97 Å². The Kier molecular flexibility index (Phi) is 4.26. The summed E-state index contributed by atoms with van der Waals surface area (Å²) < 4.78 is 5.27. The van der Waals surface area contributed by atoms with Crippen molar-refractivity contribution < 1.29 is 9.53 Å². The van der Waals surface area contributed by atoms with Gasteiger partial charge in [0.05, 0.1) is 0 Å². The predicted molar refractivity (Wildman–Crippen MR) is 77.8 cm³/mol. The molecule has 1 aliphatic rings. The van der Waals surface area contributed by atoms with Crippen LogP contribution in [0.3, 0.4) is 0 Å². The van der Waals surface area contributed by atoms with Gasteiger partial charge in [0.1, 0.15) is 5.60 Å². The molecule has 0 aliphatic carbocycles. The maximum atomic E-state index is 11.9. The van der Waals surface area contributed by atoms with Gasteiger partial charge in [-0.25, -0.2) is 4.79 Å². The lowest BCUT2D eigenvalue weighted by molar-refractivity contribution is 0.00616. The molecule has 1 fully saturated rings. The van der Waals surface area contributed by atoms with Crippen LogP contribution in [0.5, 0.6) is 0 Å².